The molecule has 2 N–H and O–H groups in total. The van der Waals surface area contributed by atoms with Crippen LogP contribution in [-0.4, -0.2) is 22.4 Å². The molecular formula is C144H180N2O4-2. The lowest BCUT2D eigenvalue weighted by atomic mass is 9.62. The second kappa shape index (κ2) is 35.9. The standard InChI is InChI=1S/C144H180N2O4/c1-33-137(34-2)79-129(17,18)117-103(137)75-104-118(130(19,20)80-138(104,35-3)36-4)111(117)87-49-59-93(60-50-87)145(94-61-51-88(52-62-94)112-119-105(139(37-5,38-6)81-131(119,21)22)76-106-120(112)132(23,24)82-140(106,39-7)40-8)97-67-71-99-91(73-97)57-69-101(125(99)147)115-127(149)116(128(115)150)102-70-58-92-74-98(68-72-100(92)126(102)148)146(95-63-53-89(54-64-95)113-121-107(141(41-9,42-10)83-133(121,25)26)77-108-122(113)134(27,28)84-142(108,43-11)44-12)96-65-55-90(56-66-96)114-123-109(143(45-13,46-14)85-135(123,29)30)78-110-124(114)136(31,32)86-144(110,47-15)48-16/h49-78,115-116,127-128,147-148H,33-48,79-86H2,1-32H3/q-2. The van der Waals surface area contributed by atoms with Crippen LogP contribution in [0.15, 0.2) is 182 Å². The van der Waals surface area contributed by atoms with Crippen molar-refractivity contribution >= 4 is 55.7 Å². The molecule has 9 aliphatic carbocycles. The van der Waals surface area contributed by atoms with Crippen molar-refractivity contribution in [3.05, 3.63) is 282 Å². The molecule has 1 saturated carbocycles. The van der Waals surface area contributed by atoms with Gasteiger partial charge in [0, 0.05) is 44.9 Å². The number of fused-ring (bicyclic) bond motifs is 10. The van der Waals surface area contributed by atoms with E-state index in [4.69, 9.17) is 0 Å². The van der Waals surface area contributed by atoms with Crippen LogP contribution in [-0.2, 0) is 86.6 Å². The fourth-order valence-corrected chi connectivity index (χ4v) is 37.0. The van der Waals surface area contributed by atoms with Crippen molar-refractivity contribution in [2.24, 2.45) is 0 Å². The Hall–Kier alpha value is -9.72. The number of hydrogen-bond acceptors (Lipinski definition) is 6. The Morgan fingerprint density at radius 2 is 0.373 bits per heavy atom. The van der Waals surface area contributed by atoms with Crippen LogP contribution in [0.4, 0.5) is 34.1 Å². The molecule has 6 nitrogen and oxygen atoms in total. The van der Waals surface area contributed by atoms with E-state index in [1.807, 2.05) is 36.4 Å². The zero-order valence-corrected chi connectivity index (χ0v) is 98.2. The van der Waals surface area contributed by atoms with E-state index in [0.717, 1.165) is 199 Å². The van der Waals surface area contributed by atoms with Crippen molar-refractivity contribution < 1.29 is 20.4 Å². The van der Waals surface area contributed by atoms with Crippen LogP contribution < -0.4 is 20.0 Å². The molecule has 0 aliphatic heterocycles. The first-order valence-corrected chi connectivity index (χ1v) is 59.7. The highest BCUT2D eigenvalue weighted by Crippen LogP contribution is 2.71. The number of rotatable bonds is 28. The molecule has 1 fully saturated rings. The zero-order chi connectivity index (χ0) is 108. The Labute approximate surface area is 904 Å². The van der Waals surface area contributed by atoms with Crippen LogP contribution in [0.25, 0.3) is 66.1 Å². The van der Waals surface area contributed by atoms with Crippen LogP contribution in [0, 0.1) is 0 Å². The second-order valence-corrected chi connectivity index (χ2v) is 55.4. The maximum absolute atomic E-state index is 15.5. The van der Waals surface area contributed by atoms with E-state index in [9.17, 15) is 10.2 Å². The van der Waals surface area contributed by atoms with E-state index in [2.05, 4.69) is 377 Å². The fraction of sp³-hybridized carbons (Fsp3) is 0.528. The summed E-state index contributed by atoms with van der Waals surface area (Å²) in [4.78, 5) is 4.82. The Morgan fingerprint density at radius 1 is 0.213 bits per heavy atom. The summed E-state index contributed by atoms with van der Waals surface area (Å²) >= 11 is 0. The first-order chi connectivity index (χ1) is 70.9. The summed E-state index contributed by atoms with van der Waals surface area (Å²) in [6, 6.07) is 69.8. The normalized spacial score (nSPS) is 22.8. The zero-order valence-electron chi connectivity index (χ0n) is 98.2. The molecule has 0 saturated heterocycles. The molecule has 0 spiro atoms. The van der Waals surface area contributed by atoms with E-state index in [1.54, 1.807) is 89.0 Å². The molecule has 792 valence electrons. The summed E-state index contributed by atoms with van der Waals surface area (Å²) in [6.45, 7) is 79.4. The number of phenols is 2. The molecule has 21 rings (SSSR count). The van der Waals surface area contributed by atoms with E-state index < -0.39 is 24.0 Å². The molecule has 0 radical (unpaired) electrons. The van der Waals surface area contributed by atoms with Crippen LogP contribution in [0.5, 0.6) is 11.5 Å². The highest BCUT2D eigenvalue weighted by molar-refractivity contribution is 5.98. The third-order valence-electron chi connectivity index (χ3n) is 44.7. The minimum atomic E-state index is -1.44. The summed E-state index contributed by atoms with van der Waals surface area (Å²) in [5.74, 6) is -2.20. The third-order valence-corrected chi connectivity index (χ3v) is 44.7. The fourth-order valence-electron chi connectivity index (χ4n) is 37.0. The van der Waals surface area contributed by atoms with Gasteiger partial charge < -0.3 is 30.2 Å². The lowest BCUT2D eigenvalue weighted by molar-refractivity contribution is -0.536. The van der Waals surface area contributed by atoms with E-state index in [1.165, 1.54) is 44.5 Å². The SMILES string of the molecule is CCC1(CC)CC(C)(C)c2c1cc1c(c2-c2ccc(N(c3ccc(-c4c5c(cc6c4C(C)(C)CC6(CC)CC)C(CC)(CC)CC5(C)C)cc3)c3ccc4c(O)c(C5C([O-])C(c6ccc7cc(N(c8ccc(-c9c%10c(cc%11c9C(C)(C)CC%11(CC)CC)C(CC)(CC)CC%10(C)C)cc8)c8ccc(-c9c%10c(cc%11c9C(C)(C)CC%11(CC)CC)C(CC)(CC)CC%10(C)C)cc8)ccc7c6O)C5[O-])ccc4c3)cc2)C(C)(C)CC1(CC)CC. The largest absolute Gasteiger partial charge is 0.851 e. The first kappa shape index (κ1) is 106. The molecule has 0 amide bonds. The Morgan fingerprint density at radius 3 is 0.533 bits per heavy atom. The van der Waals surface area contributed by atoms with Gasteiger partial charge >= 0.3 is 0 Å². The monoisotopic (exact) mass is 2000 g/mol. The summed E-state index contributed by atoms with van der Waals surface area (Å²) < 4.78 is 0. The second-order valence-electron chi connectivity index (χ2n) is 55.4. The smallest absolute Gasteiger partial charge is 0.126 e. The predicted molar refractivity (Wildman–Crippen MR) is 635 cm³/mol. The molecule has 150 heavy (non-hydrogen) atoms. The molecule has 12 aromatic carbocycles. The molecule has 12 aromatic rings. The molecule has 6 heteroatoms. The number of hydrogen-bond donors (Lipinski definition) is 2. The molecule has 0 bridgehead atoms. The summed E-state index contributed by atoms with van der Waals surface area (Å²) in [5, 5.41) is 59.7. The maximum atomic E-state index is 15.5. The van der Waals surface area contributed by atoms with Gasteiger partial charge in [-0.25, -0.2) is 0 Å². The number of anilines is 6. The van der Waals surface area contributed by atoms with Gasteiger partial charge in [0.2, 0.25) is 0 Å². The number of phenolic OH excluding ortho intramolecular Hbond substituents is 2. The van der Waals surface area contributed by atoms with Crippen molar-refractivity contribution in [2.45, 2.75) is 486 Å². The summed E-state index contributed by atoms with van der Waals surface area (Å²) in [6.07, 6.45) is 24.0. The molecule has 0 atom stereocenters. The van der Waals surface area contributed by atoms with Gasteiger partial charge in [0.25, 0.3) is 0 Å². The van der Waals surface area contributed by atoms with Crippen LogP contribution in [0.1, 0.15) is 488 Å². The Bertz CT molecular complexity index is 6340. The first-order valence-electron chi connectivity index (χ1n) is 59.7. The average Bonchev–Trinajstić information content (AvgIpc) is 1.54. The minimum Gasteiger partial charge on any atom is -0.851 e. The lowest BCUT2D eigenvalue weighted by Crippen LogP contribution is -2.63. The summed E-state index contributed by atoms with van der Waals surface area (Å²) in [7, 11) is 0. The van der Waals surface area contributed by atoms with Gasteiger partial charge in [0.1, 0.15) is 11.5 Å². The molecule has 0 unspecified atom stereocenters. The van der Waals surface area contributed by atoms with Crippen LogP contribution >= 0.6 is 0 Å². The highest BCUT2D eigenvalue weighted by Gasteiger charge is 2.61. The van der Waals surface area contributed by atoms with Gasteiger partial charge in [0.15, 0.2) is 0 Å². The minimum absolute atomic E-state index is 0.0401. The van der Waals surface area contributed by atoms with E-state index >= 15 is 10.2 Å². The van der Waals surface area contributed by atoms with Gasteiger partial charge in [-0.05, 0) is 493 Å². The highest BCUT2D eigenvalue weighted by atomic mass is 16.3. The van der Waals surface area contributed by atoms with Crippen molar-refractivity contribution in [3.63, 3.8) is 0 Å². The van der Waals surface area contributed by atoms with Crippen molar-refractivity contribution in [3.8, 4) is 56.0 Å². The van der Waals surface area contributed by atoms with Gasteiger partial charge in [-0.3, -0.25) is 0 Å². The van der Waals surface area contributed by atoms with Gasteiger partial charge in [-0.2, -0.15) is 0 Å². The Kier molecular flexibility index (Phi) is 25.4. The van der Waals surface area contributed by atoms with Crippen molar-refractivity contribution in [1.29, 1.82) is 0 Å². The van der Waals surface area contributed by atoms with Crippen molar-refractivity contribution in [2.75, 3.05) is 9.80 Å². The van der Waals surface area contributed by atoms with Crippen LogP contribution in [0.3, 0.4) is 0 Å². The molecule has 0 aromatic heterocycles. The topological polar surface area (TPSA) is 93.1 Å². The molecular weight excluding hydrogens is 1820 g/mol. The number of benzene rings is 12. The predicted octanol–water partition coefficient (Wildman–Crippen LogP) is 38.3. The quantitative estimate of drug-likeness (QED) is 0.0508. The van der Waals surface area contributed by atoms with Gasteiger partial charge in [0.05, 0.1) is 0 Å². The summed E-state index contributed by atoms with van der Waals surface area (Å²) in [5.41, 5.74) is 43.1. The number of aromatic hydroxyl groups is 2. The van der Waals surface area contributed by atoms with Crippen LogP contribution in [0.2, 0.25) is 0 Å². The molecule has 9 aliphatic rings. The Balaban J connectivity index is 0.654. The number of nitrogens with zero attached hydrogens (tertiary/aromatic N) is 2. The third kappa shape index (κ3) is 14.9. The van der Waals surface area contributed by atoms with E-state index in [0.29, 0.717) is 21.9 Å². The lowest BCUT2D eigenvalue weighted by Gasteiger charge is -2.61. The van der Waals surface area contributed by atoms with Gasteiger partial charge in [-0.15, -0.1) is 12.2 Å². The maximum Gasteiger partial charge on any atom is 0.126 e. The van der Waals surface area contributed by atoms with Crippen molar-refractivity contribution in [1.82, 2.24) is 0 Å². The molecule has 0 heterocycles. The van der Waals surface area contributed by atoms with E-state index in [-0.39, 0.29) is 98.1 Å². The van der Waals surface area contributed by atoms with Gasteiger partial charge in [-0.1, -0.05) is 319 Å². The average molecular weight is 2000 g/mol.